The summed E-state index contributed by atoms with van der Waals surface area (Å²) in [7, 11) is 0. The van der Waals surface area contributed by atoms with E-state index in [1.807, 2.05) is 0 Å². The maximum atomic E-state index is 14.0. The minimum atomic E-state index is -0.550. The second-order valence-electron chi connectivity index (χ2n) is 4.82. The molecule has 0 radical (unpaired) electrons. The number of aromatic nitrogens is 1. The standard InChI is InChI=1S/C15H13BrFNO3/c1-2-20-15(19)13-12(8-6-7-8)18-14(21-13)11-9(16)4-3-5-10(11)17/h3-5,8H,2,6-7H2,1H3. The quantitative estimate of drug-likeness (QED) is 0.769. The summed E-state index contributed by atoms with van der Waals surface area (Å²) in [5, 5.41) is 0. The van der Waals surface area contributed by atoms with E-state index < -0.39 is 11.8 Å². The molecule has 0 N–H and O–H groups in total. The highest BCUT2D eigenvalue weighted by Gasteiger charge is 2.35. The van der Waals surface area contributed by atoms with Gasteiger partial charge in [0, 0.05) is 10.4 Å². The lowest BCUT2D eigenvalue weighted by molar-refractivity contribution is 0.0489. The van der Waals surface area contributed by atoms with Gasteiger partial charge in [-0.05, 0) is 47.8 Å². The van der Waals surface area contributed by atoms with Gasteiger partial charge in [-0.3, -0.25) is 0 Å². The summed E-state index contributed by atoms with van der Waals surface area (Å²) < 4.78 is 25.0. The molecular weight excluding hydrogens is 341 g/mol. The maximum absolute atomic E-state index is 14.0. The van der Waals surface area contributed by atoms with E-state index in [0.717, 1.165) is 12.8 Å². The van der Waals surface area contributed by atoms with Gasteiger partial charge >= 0.3 is 5.97 Å². The van der Waals surface area contributed by atoms with E-state index in [1.165, 1.54) is 6.07 Å². The largest absolute Gasteiger partial charge is 0.460 e. The second-order valence-corrected chi connectivity index (χ2v) is 5.68. The Morgan fingerprint density at radius 3 is 2.90 bits per heavy atom. The third-order valence-corrected chi connectivity index (χ3v) is 3.92. The first-order valence-corrected chi connectivity index (χ1v) is 7.53. The van der Waals surface area contributed by atoms with E-state index >= 15 is 0 Å². The fourth-order valence-corrected chi connectivity index (χ4v) is 2.63. The minimum absolute atomic E-state index is 0.0875. The van der Waals surface area contributed by atoms with Crippen molar-refractivity contribution in [2.24, 2.45) is 0 Å². The molecule has 1 aliphatic rings. The molecule has 4 nitrogen and oxygen atoms in total. The summed E-state index contributed by atoms with van der Waals surface area (Å²) in [6.45, 7) is 1.97. The predicted octanol–water partition coefficient (Wildman–Crippen LogP) is 4.30. The molecule has 2 aromatic rings. The Bertz CT molecular complexity index is 674. The molecule has 0 unspecified atom stereocenters. The number of halogens is 2. The van der Waals surface area contributed by atoms with Crippen LogP contribution in [0.4, 0.5) is 4.39 Å². The molecule has 1 saturated carbocycles. The molecule has 3 rings (SSSR count). The number of oxazole rings is 1. The highest BCUT2D eigenvalue weighted by molar-refractivity contribution is 9.10. The van der Waals surface area contributed by atoms with E-state index in [0.29, 0.717) is 10.2 Å². The molecule has 0 amide bonds. The number of benzene rings is 1. The van der Waals surface area contributed by atoms with Crippen LogP contribution >= 0.6 is 15.9 Å². The van der Waals surface area contributed by atoms with E-state index in [2.05, 4.69) is 20.9 Å². The third kappa shape index (κ3) is 2.72. The molecule has 0 bridgehead atoms. The van der Waals surface area contributed by atoms with Crippen LogP contribution in [-0.2, 0) is 4.74 Å². The molecule has 0 saturated heterocycles. The SMILES string of the molecule is CCOC(=O)c1oc(-c2c(F)cccc2Br)nc1C1CC1. The molecule has 21 heavy (non-hydrogen) atoms. The Kier molecular flexibility index (Phi) is 3.80. The number of hydrogen-bond acceptors (Lipinski definition) is 4. The molecule has 1 aromatic carbocycles. The van der Waals surface area contributed by atoms with Crippen molar-refractivity contribution in [2.75, 3.05) is 6.61 Å². The first-order valence-electron chi connectivity index (χ1n) is 6.74. The molecular formula is C15H13BrFNO3. The Morgan fingerprint density at radius 2 is 2.29 bits per heavy atom. The van der Waals surface area contributed by atoms with Crippen molar-refractivity contribution >= 4 is 21.9 Å². The van der Waals surface area contributed by atoms with Crippen LogP contribution in [0.15, 0.2) is 27.1 Å². The van der Waals surface area contributed by atoms with Crippen molar-refractivity contribution in [2.45, 2.75) is 25.7 Å². The Morgan fingerprint density at radius 1 is 1.52 bits per heavy atom. The number of ether oxygens (including phenoxy) is 1. The van der Waals surface area contributed by atoms with Crippen LogP contribution in [-0.4, -0.2) is 17.6 Å². The average Bonchev–Trinajstić information content (AvgIpc) is 3.19. The van der Waals surface area contributed by atoms with Crippen molar-refractivity contribution in [1.82, 2.24) is 4.98 Å². The van der Waals surface area contributed by atoms with Gasteiger partial charge in [0.1, 0.15) is 5.82 Å². The van der Waals surface area contributed by atoms with Crippen LogP contribution in [0.1, 0.15) is 41.9 Å². The van der Waals surface area contributed by atoms with Crippen LogP contribution in [0.5, 0.6) is 0 Å². The number of hydrogen-bond donors (Lipinski definition) is 0. The number of nitrogens with zero attached hydrogens (tertiary/aromatic N) is 1. The van der Waals surface area contributed by atoms with Gasteiger partial charge in [0.2, 0.25) is 11.7 Å². The summed E-state index contributed by atoms with van der Waals surface area (Å²) >= 11 is 3.28. The molecule has 0 atom stereocenters. The zero-order valence-electron chi connectivity index (χ0n) is 11.4. The Balaban J connectivity index is 2.08. The summed E-state index contributed by atoms with van der Waals surface area (Å²) in [6.07, 6.45) is 1.91. The molecule has 0 spiro atoms. The molecule has 6 heteroatoms. The van der Waals surface area contributed by atoms with Crippen molar-refractivity contribution in [3.8, 4) is 11.5 Å². The summed E-state index contributed by atoms with van der Waals surface area (Å²) in [5.41, 5.74) is 0.786. The van der Waals surface area contributed by atoms with E-state index in [1.54, 1.807) is 19.1 Å². The molecule has 0 aliphatic heterocycles. The lowest BCUT2D eigenvalue weighted by Crippen LogP contribution is -2.05. The van der Waals surface area contributed by atoms with Crippen molar-refractivity contribution in [1.29, 1.82) is 0 Å². The van der Waals surface area contributed by atoms with Crippen LogP contribution in [0.3, 0.4) is 0 Å². The van der Waals surface area contributed by atoms with Crippen molar-refractivity contribution in [3.05, 3.63) is 39.9 Å². The highest BCUT2D eigenvalue weighted by atomic mass is 79.9. The fraction of sp³-hybridized carbons (Fsp3) is 0.333. The molecule has 1 heterocycles. The van der Waals surface area contributed by atoms with Crippen LogP contribution in [0, 0.1) is 5.82 Å². The van der Waals surface area contributed by atoms with Gasteiger partial charge in [-0.15, -0.1) is 0 Å². The highest BCUT2D eigenvalue weighted by Crippen LogP contribution is 2.43. The smallest absolute Gasteiger partial charge is 0.376 e. The Labute approximate surface area is 129 Å². The summed E-state index contributed by atoms with van der Waals surface area (Å²) in [6, 6.07) is 4.61. The average molecular weight is 354 g/mol. The van der Waals surface area contributed by atoms with Crippen molar-refractivity contribution in [3.63, 3.8) is 0 Å². The normalized spacial score (nSPS) is 14.2. The summed E-state index contributed by atoms with van der Waals surface area (Å²) in [5.74, 6) is -0.615. The first-order chi connectivity index (χ1) is 10.1. The number of carbonyl (C=O) groups is 1. The van der Waals surface area contributed by atoms with Crippen molar-refractivity contribution < 1.29 is 18.3 Å². The third-order valence-electron chi connectivity index (χ3n) is 3.25. The lowest BCUT2D eigenvalue weighted by Gasteiger charge is -2.01. The molecule has 1 fully saturated rings. The lowest BCUT2D eigenvalue weighted by atomic mass is 10.2. The molecule has 1 aliphatic carbocycles. The fourth-order valence-electron chi connectivity index (χ4n) is 2.12. The molecule has 1 aromatic heterocycles. The zero-order chi connectivity index (χ0) is 15.0. The predicted molar refractivity (Wildman–Crippen MR) is 77.5 cm³/mol. The van der Waals surface area contributed by atoms with Crippen LogP contribution in [0.25, 0.3) is 11.5 Å². The van der Waals surface area contributed by atoms with E-state index in [4.69, 9.17) is 9.15 Å². The molecule has 110 valence electrons. The number of carbonyl (C=O) groups excluding carboxylic acids is 1. The van der Waals surface area contributed by atoms with Gasteiger partial charge in [0.05, 0.1) is 17.9 Å². The van der Waals surface area contributed by atoms with Gasteiger partial charge in [-0.25, -0.2) is 14.2 Å². The van der Waals surface area contributed by atoms with Gasteiger partial charge < -0.3 is 9.15 Å². The second kappa shape index (κ2) is 5.60. The van der Waals surface area contributed by atoms with Gasteiger partial charge in [0.15, 0.2) is 0 Å². The van der Waals surface area contributed by atoms with E-state index in [-0.39, 0.29) is 29.7 Å². The number of rotatable bonds is 4. The maximum Gasteiger partial charge on any atom is 0.376 e. The topological polar surface area (TPSA) is 52.3 Å². The van der Waals surface area contributed by atoms with Gasteiger partial charge in [-0.2, -0.15) is 0 Å². The summed E-state index contributed by atoms with van der Waals surface area (Å²) in [4.78, 5) is 16.3. The van der Waals surface area contributed by atoms with E-state index in [9.17, 15) is 9.18 Å². The van der Waals surface area contributed by atoms with Gasteiger partial charge in [-0.1, -0.05) is 6.07 Å². The Hall–Kier alpha value is -1.69. The first kappa shape index (κ1) is 14.3. The minimum Gasteiger partial charge on any atom is -0.460 e. The van der Waals surface area contributed by atoms with Crippen LogP contribution < -0.4 is 0 Å². The monoisotopic (exact) mass is 353 g/mol. The zero-order valence-corrected chi connectivity index (χ0v) is 12.9. The van der Waals surface area contributed by atoms with Crippen LogP contribution in [0.2, 0.25) is 0 Å². The van der Waals surface area contributed by atoms with Gasteiger partial charge in [0.25, 0.3) is 0 Å². The number of esters is 1.